The number of ether oxygens (including phenoxy) is 3. The Balaban J connectivity index is 1.38. The lowest BCUT2D eigenvalue weighted by Gasteiger charge is -2.36. The van der Waals surface area contributed by atoms with E-state index in [0.717, 1.165) is 59.1 Å². The molecule has 0 saturated carbocycles. The summed E-state index contributed by atoms with van der Waals surface area (Å²) < 4.78 is 31.9. The van der Waals surface area contributed by atoms with E-state index < -0.39 is 5.60 Å². The van der Waals surface area contributed by atoms with Crippen LogP contribution in [0.4, 0.5) is 4.39 Å². The molecule has 3 aromatic carbocycles. The number of hydrogen-bond donors (Lipinski definition) is 0. The Bertz CT molecular complexity index is 1080. The summed E-state index contributed by atoms with van der Waals surface area (Å²) in [5, 5.41) is 0. The summed E-state index contributed by atoms with van der Waals surface area (Å²) in [6, 6.07) is 21.4. The highest BCUT2D eigenvalue weighted by atomic mass is 32.2. The summed E-state index contributed by atoms with van der Waals surface area (Å²) >= 11 is 1.53. The zero-order chi connectivity index (χ0) is 24.7. The van der Waals surface area contributed by atoms with Crippen LogP contribution in [-0.4, -0.2) is 45.9 Å². The van der Waals surface area contributed by atoms with E-state index in [4.69, 9.17) is 14.2 Å². The van der Waals surface area contributed by atoms with Crippen molar-refractivity contribution in [2.24, 2.45) is 0 Å². The van der Waals surface area contributed by atoms with Gasteiger partial charge in [0.25, 0.3) is 0 Å². The van der Waals surface area contributed by atoms with Crippen LogP contribution in [0.1, 0.15) is 30.4 Å². The lowest BCUT2D eigenvalue weighted by Crippen LogP contribution is -2.35. The summed E-state index contributed by atoms with van der Waals surface area (Å²) in [5.74, 6) is 1.34. The first-order valence-electron chi connectivity index (χ1n) is 12.1. The molecule has 0 atom stereocenters. The Kier molecular flexibility index (Phi) is 8.84. The fraction of sp³-hybridized carbons (Fsp3) is 0.379. The molecular weight excluding hydrogens is 461 g/mol. The van der Waals surface area contributed by atoms with E-state index in [1.54, 1.807) is 19.2 Å². The Morgan fingerprint density at radius 3 is 2.20 bits per heavy atom. The summed E-state index contributed by atoms with van der Waals surface area (Å²) in [4.78, 5) is 4.07. The van der Waals surface area contributed by atoms with Gasteiger partial charge in [0.05, 0.1) is 5.60 Å². The van der Waals surface area contributed by atoms with E-state index in [1.165, 1.54) is 17.3 Å². The molecule has 0 aliphatic carbocycles. The third kappa shape index (κ3) is 7.07. The van der Waals surface area contributed by atoms with Gasteiger partial charge in [0.15, 0.2) is 0 Å². The minimum atomic E-state index is -0.491. The molecule has 186 valence electrons. The molecule has 0 bridgehead atoms. The van der Waals surface area contributed by atoms with Crippen molar-refractivity contribution < 1.29 is 18.6 Å². The third-order valence-electron chi connectivity index (χ3n) is 6.38. The first kappa shape index (κ1) is 25.7. The van der Waals surface area contributed by atoms with Crippen molar-refractivity contribution in [2.45, 2.75) is 41.1 Å². The Morgan fingerprint density at radius 1 is 0.914 bits per heavy atom. The number of halogens is 1. The Morgan fingerprint density at radius 2 is 1.57 bits per heavy atom. The van der Waals surface area contributed by atoms with Crippen LogP contribution in [-0.2, 0) is 21.5 Å². The Labute approximate surface area is 212 Å². The van der Waals surface area contributed by atoms with Gasteiger partial charge >= 0.3 is 0 Å². The van der Waals surface area contributed by atoms with Crippen molar-refractivity contribution in [1.82, 2.24) is 4.90 Å². The first-order valence-corrected chi connectivity index (χ1v) is 12.9. The molecule has 4 rings (SSSR count). The molecule has 1 fully saturated rings. The third-order valence-corrected chi connectivity index (χ3v) is 7.36. The van der Waals surface area contributed by atoms with Crippen LogP contribution in [0.2, 0.25) is 0 Å². The van der Waals surface area contributed by atoms with Crippen LogP contribution < -0.4 is 4.74 Å². The second kappa shape index (κ2) is 12.0. The maximum Gasteiger partial charge on any atom is 0.127 e. The van der Waals surface area contributed by atoms with Crippen LogP contribution in [0.5, 0.6) is 11.5 Å². The molecule has 1 aliphatic heterocycles. The van der Waals surface area contributed by atoms with E-state index in [9.17, 15) is 4.39 Å². The Hall–Kier alpha value is -2.38. The van der Waals surface area contributed by atoms with Crippen molar-refractivity contribution in [1.29, 1.82) is 0 Å². The average molecular weight is 496 g/mol. The molecule has 0 amide bonds. The number of nitrogens with zero attached hydrogens (tertiary/aromatic N) is 1. The molecule has 0 unspecified atom stereocenters. The van der Waals surface area contributed by atoms with Crippen molar-refractivity contribution in [3.63, 3.8) is 0 Å². The number of hydrogen-bond acceptors (Lipinski definition) is 5. The fourth-order valence-corrected chi connectivity index (χ4v) is 5.27. The maximum atomic E-state index is 14.5. The van der Waals surface area contributed by atoms with Crippen molar-refractivity contribution in [3.8, 4) is 11.5 Å². The quantitative estimate of drug-likeness (QED) is 0.305. The molecular formula is C29H34FNO3S. The number of rotatable bonds is 10. The smallest absolute Gasteiger partial charge is 0.127 e. The molecule has 0 N–H and O–H groups in total. The van der Waals surface area contributed by atoms with Crippen molar-refractivity contribution in [3.05, 3.63) is 83.7 Å². The van der Waals surface area contributed by atoms with E-state index >= 15 is 0 Å². The van der Waals surface area contributed by atoms with Crippen LogP contribution in [0, 0.1) is 5.82 Å². The molecule has 1 heterocycles. The van der Waals surface area contributed by atoms with E-state index in [-0.39, 0.29) is 5.82 Å². The van der Waals surface area contributed by atoms with E-state index in [0.29, 0.717) is 13.2 Å². The summed E-state index contributed by atoms with van der Waals surface area (Å²) in [6.07, 6.45) is 3.64. The molecule has 1 aliphatic rings. The monoisotopic (exact) mass is 495 g/mol. The maximum absolute atomic E-state index is 14.5. The van der Waals surface area contributed by atoms with Crippen LogP contribution >= 0.6 is 11.8 Å². The molecule has 6 heteroatoms. The molecule has 35 heavy (non-hydrogen) atoms. The zero-order valence-corrected chi connectivity index (χ0v) is 21.6. The molecule has 3 aromatic rings. The average Bonchev–Trinajstić information content (AvgIpc) is 2.86. The zero-order valence-electron chi connectivity index (χ0n) is 20.8. The highest BCUT2D eigenvalue weighted by molar-refractivity contribution is 7.99. The highest BCUT2D eigenvalue weighted by Gasteiger charge is 2.35. The van der Waals surface area contributed by atoms with Crippen molar-refractivity contribution >= 4 is 11.8 Å². The van der Waals surface area contributed by atoms with Crippen molar-refractivity contribution in [2.75, 3.05) is 41.0 Å². The minimum Gasteiger partial charge on any atom is -0.457 e. The second-order valence-electron chi connectivity index (χ2n) is 9.21. The molecule has 0 spiro atoms. The van der Waals surface area contributed by atoms with Gasteiger partial charge in [0.2, 0.25) is 0 Å². The van der Waals surface area contributed by atoms with Gasteiger partial charge in [0.1, 0.15) is 17.3 Å². The van der Waals surface area contributed by atoms with Gasteiger partial charge in [-0.25, -0.2) is 4.39 Å². The number of aryl methyl sites for hydroxylation is 1. The normalized spacial score (nSPS) is 15.3. The molecule has 0 aromatic heterocycles. The second-order valence-corrected chi connectivity index (χ2v) is 10.4. The largest absolute Gasteiger partial charge is 0.457 e. The van der Waals surface area contributed by atoms with Gasteiger partial charge in [-0.05, 0) is 99.2 Å². The minimum absolute atomic E-state index is 0.252. The summed E-state index contributed by atoms with van der Waals surface area (Å²) in [5.41, 5.74) is 1.70. The number of benzene rings is 3. The molecule has 0 radical (unpaired) electrons. The van der Waals surface area contributed by atoms with Gasteiger partial charge in [-0.15, -0.1) is 0 Å². The van der Waals surface area contributed by atoms with E-state index in [2.05, 4.69) is 31.1 Å². The van der Waals surface area contributed by atoms with Crippen LogP contribution in [0.25, 0.3) is 0 Å². The highest BCUT2D eigenvalue weighted by Crippen LogP contribution is 2.39. The SMILES string of the molecule is COC1(c2cc(F)cc(Sc3ccc(Oc4ccc(CCCN(C)C)cc4)cc3)c2)CCOCC1. The lowest BCUT2D eigenvalue weighted by atomic mass is 9.86. The predicted molar refractivity (Wildman–Crippen MR) is 139 cm³/mol. The van der Waals surface area contributed by atoms with E-state index in [1.807, 2.05) is 42.5 Å². The van der Waals surface area contributed by atoms with Gasteiger partial charge in [-0.2, -0.15) is 0 Å². The lowest BCUT2D eigenvalue weighted by molar-refractivity contribution is -0.0950. The topological polar surface area (TPSA) is 30.9 Å². The molecule has 1 saturated heterocycles. The van der Waals surface area contributed by atoms with Crippen LogP contribution in [0.15, 0.2) is 76.5 Å². The van der Waals surface area contributed by atoms with Gasteiger partial charge in [0, 0.05) is 43.0 Å². The summed E-state index contributed by atoms with van der Waals surface area (Å²) in [6.45, 7) is 2.32. The fourth-order valence-electron chi connectivity index (χ4n) is 4.37. The standard InChI is InChI=1S/C29H34FNO3S/c1-31(2)16-4-5-22-6-8-25(9-7-22)34-26-10-12-27(13-11-26)35-28-20-23(19-24(30)21-28)29(32-3)14-17-33-18-15-29/h6-13,19-21H,4-5,14-18H2,1-3H3. The van der Waals surface area contributed by atoms with Gasteiger partial charge < -0.3 is 19.1 Å². The number of methoxy groups -OCH3 is 1. The van der Waals surface area contributed by atoms with Gasteiger partial charge in [-0.3, -0.25) is 0 Å². The molecule has 4 nitrogen and oxygen atoms in total. The first-order chi connectivity index (χ1) is 17.0. The van der Waals surface area contributed by atoms with Gasteiger partial charge in [-0.1, -0.05) is 23.9 Å². The van der Waals surface area contributed by atoms with Crippen LogP contribution in [0.3, 0.4) is 0 Å². The predicted octanol–water partition coefficient (Wildman–Crippen LogP) is 6.92. The summed E-state index contributed by atoms with van der Waals surface area (Å²) in [7, 11) is 5.89.